The number of para-hydroxylation sites is 1. The van der Waals surface area contributed by atoms with E-state index >= 15 is 0 Å². The van der Waals surface area contributed by atoms with Crippen LogP contribution in [0.25, 0.3) is 21.2 Å². The van der Waals surface area contributed by atoms with Gasteiger partial charge in [0.1, 0.15) is 5.58 Å². The number of thiazole rings is 1. The van der Waals surface area contributed by atoms with Crippen LogP contribution in [0.5, 0.6) is 11.5 Å². The lowest BCUT2D eigenvalue weighted by Crippen LogP contribution is -2.20. The van der Waals surface area contributed by atoms with Gasteiger partial charge in [0, 0.05) is 31.4 Å². The third-order valence-corrected chi connectivity index (χ3v) is 5.94. The summed E-state index contributed by atoms with van der Waals surface area (Å²) in [6.45, 7) is 3.43. The van der Waals surface area contributed by atoms with E-state index in [1.54, 1.807) is 38.5 Å². The summed E-state index contributed by atoms with van der Waals surface area (Å²) in [6, 6.07) is 11.6. The summed E-state index contributed by atoms with van der Waals surface area (Å²) in [5, 5.41) is 0.414. The molecule has 0 aliphatic heterocycles. The Kier molecular flexibility index (Phi) is 6.38. The topological polar surface area (TPSA) is 92.3 Å². The first-order valence-electron chi connectivity index (χ1n) is 10.0. The quantitative estimate of drug-likeness (QED) is 0.396. The fraction of sp³-hybridized carbons (Fsp3) is 0.261. The zero-order valence-corrected chi connectivity index (χ0v) is 18.7. The normalized spacial score (nSPS) is 11.9. The highest BCUT2D eigenvalue weighted by molar-refractivity contribution is 7.16. The van der Waals surface area contributed by atoms with Crippen molar-refractivity contribution in [1.29, 1.82) is 0 Å². The second-order valence-electron chi connectivity index (χ2n) is 6.80. The van der Waals surface area contributed by atoms with Crippen molar-refractivity contribution in [1.82, 2.24) is 4.57 Å². The molecule has 0 fully saturated rings. The lowest BCUT2D eigenvalue weighted by atomic mass is 10.2. The predicted octanol–water partition coefficient (Wildman–Crippen LogP) is 3.60. The molecule has 4 rings (SSSR count). The summed E-state index contributed by atoms with van der Waals surface area (Å²) in [4.78, 5) is 30.0. The Labute approximate surface area is 187 Å². The van der Waals surface area contributed by atoms with Crippen LogP contribution in [0.3, 0.4) is 0 Å². The zero-order valence-electron chi connectivity index (χ0n) is 17.9. The second-order valence-corrected chi connectivity index (χ2v) is 7.81. The largest absolute Gasteiger partial charge is 0.493 e. The van der Waals surface area contributed by atoms with E-state index in [1.807, 2.05) is 23.6 Å². The molecule has 32 heavy (non-hydrogen) atoms. The van der Waals surface area contributed by atoms with Crippen LogP contribution in [-0.2, 0) is 11.3 Å². The fourth-order valence-corrected chi connectivity index (χ4v) is 4.41. The number of carbonyl (C=O) groups is 1. The van der Waals surface area contributed by atoms with Crippen LogP contribution in [0.15, 0.2) is 56.7 Å². The molecule has 0 unspecified atom stereocenters. The third kappa shape index (κ3) is 4.17. The number of carbonyl (C=O) groups excluding carboxylic acids is 1. The average molecular weight is 455 g/mol. The maximum Gasteiger partial charge on any atom is 0.315 e. The molecular formula is C23H22N2O6S. The van der Waals surface area contributed by atoms with Crippen molar-refractivity contribution in [3.8, 4) is 11.5 Å². The molecule has 0 atom stereocenters. The van der Waals surface area contributed by atoms with E-state index in [0.717, 1.165) is 10.2 Å². The van der Waals surface area contributed by atoms with Crippen LogP contribution in [-0.4, -0.2) is 37.9 Å². The maximum atomic E-state index is 12.9. The van der Waals surface area contributed by atoms with E-state index in [0.29, 0.717) is 47.0 Å². The summed E-state index contributed by atoms with van der Waals surface area (Å²) in [5.41, 5.74) is 0.882. The number of fused-ring (bicyclic) bond motifs is 2. The number of amides is 1. The van der Waals surface area contributed by atoms with Crippen LogP contribution in [0.4, 0.5) is 0 Å². The Hall–Kier alpha value is -3.43. The van der Waals surface area contributed by atoms with Gasteiger partial charge < -0.3 is 23.2 Å². The van der Waals surface area contributed by atoms with Crippen LogP contribution in [0, 0.1) is 0 Å². The molecular weight excluding hydrogens is 432 g/mol. The van der Waals surface area contributed by atoms with Crippen LogP contribution in [0.1, 0.15) is 17.5 Å². The molecule has 0 spiro atoms. The molecule has 4 aromatic rings. The molecule has 0 saturated carbocycles. The number of benzene rings is 2. The predicted molar refractivity (Wildman–Crippen MR) is 122 cm³/mol. The molecule has 8 nitrogen and oxygen atoms in total. The van der Waals surface area contributed by atoms with Crippen molar-refractivity contribution in [3.63, 3.8) is 0 Å². The molecule has 2 aromatic carbocycles. The van der Waals surface area contributed by atoms with Gasteiger partial charge in [0.25, 0.3) is 0 Å². The number of nitrogens with zero attached hydrogens (tertiary/aromatic N) is 2. The highest BCUT2D eigenvalue weighted by Crippen LogP contribution is 2.33. The summed E-state index contributed by atoms with van der Waals surface area (Å²) in [6.07, 6.45) is 0. The summed E-state index contributed by atoms with van der Waals surface area (Å²) in [5.74, 6) is 0.402. The third-order valence-electron chi connectivity index (χ3n) is 4.89. The van der Waals surface area contributed by atoms with Gasteiger partial charge in [0.2, 0.25) is 0 Å². The van der Waals surface area contributed by atoms with Crippen molar-refractivity contribution < 1.29 is 23.4 Å². The van der Waals surface area contributed by atoms with Crippen LogP contribution >= 0.6 is 11.3 Å². The summed E-state index contributed by atoms with van der Waals surface area (Å²) >= 11 is 1.33. The van der Waals surface area contributed by atoms with E-state index in [-0.39, 0.29) is 11.2 Å². The maximum absolute atomic E-state index is 12.9. The lowest BCUT2D eigenvalue weighted by molar-refractivity contribution is 0.0971. The standard InChI is InChI=1S/C23H22N2O6S/c1-4-30-10-9-25-15-11-18(28-2)19(29-3)13-21(15)32-23(25)24-22(27)20-12-16(26)14-7-5-6-8-17(14)31-20/h5-8,11-13H,4,9-10H2,1-3H3. The monoisotopic (exact) mass is 454 g/mol. The minimum atomic E-state index is -0.636. The average Bonchev–Trinajstić information content (AvgIpc) is 3.14. The Bertz CT molecular complexity index is 1420. The number of rotatable bonds is 7. The second kappa shape index (κ2) is 9.37. The van der Waals surface area contributed by atoms with Crippen LogP contribution < -0.4 is 19.7 Å². The van der Waals surface area contributed by atoms with Gasteiger partial charge in [-0.1, -0.05) is 23.5 Å². The van der Waals surface area contributed by atoms with E-state index in [4.69, 9.17) is 18.6 Å². The van der Waals surface area contributed by atoms with Gasteiger partial charge in [0.05, 0.1) is 36.4 Å². The molecule has 1 amide bonds. The first-order valence-corrected chi connectivity index (χ1v) is 10.8. The van der Waals surface area contributed by atoms with Crippen molar-refractivity contribution in [2.75, 3.05) is 27.4 Å². The number of methoxy groups -OCH3 is 2. The molecule has 9 heteroatoms. The van der Waals surface area contributed by atoms with Gasteiger partial charge >= 0.3 is 5.91 Å². The van der Waals surface area contributed by atoms with Crippen molar-refractivity contribution >= 4 is 38.4 Å². The Morgan fingerprint density at radius 1 is 1.12 bits per heavy atom. The van der Waals surface area contributed by atoms with E-state index < -0.39 is 5.91 Å². The molecule has 2 aromatic heterocycles. The highest BCUT2D eigenvalue weighted by atomic mass is 32.1. The molecule has 0 saturated heterocycles. The highest BCUT2D eigenvalue weighted by Gasteiger charge is 2.16. The number of hydrogen-bond donors (Lipinski definition) is 0. The first kappa shape index (κ1) is 21.8. The van der Waals surface area contributed by atoms with Gasteiger partial charge in [-0.05, 0) is 19.1 Å². The number of hydrogen-bond acceptors (Lipinski definition) is 7. The van der Waals surface area contributed by atoms with Crippen molar-refractivity contribution in [2.45, 2.75) is 13.5 Å². The molecule has 166 valence electrons. The van der Waals surface area contributed by atoms with Gasteiger partial charge in [0.15, 0.2) is 27.5 Å². The zero-order chi connectivity index (χ0) is 22.7. The van der Waals surface area contributed by atoms with Gasteiger partial charge in [-0.15, -0.1) is 0 Å². The van der Waals surface area contributed by atoms with E-state index in [1.165, 1.54) is 17.4 Å². The lowest BCUT2D eigenvalue weighted by Gasteiger charge is -2.09. The SMILES string of the molecule is CCOCCn1c(=NC(=O)c2cc(=O)c3ccccc3o2)sc2cc(OC)c(OC)cc21. The summed E-state index contributed by atoms with van der Waals surface area (Å²) < 4.78 is 24.7. The van der Waals surface area contributed by atoms with Crippen molar-refractivity contribution in [2.24, 2.45) is 4.99 Å². The first-order chi connectivity index (χ1) is 15.5. The van der Waals surface area contributed by atoms with Crippen LogP contribution in [0.2, 0.25) is 0 Å². The van der Waals surface area contributed by atoms with Gasteiger partial charge in [-0.2, -0.15) is 4.99 Å². The molecule has 2 heterocycles. The Morgan fingerprint density at radius 3 is 2.62 bits per heavy atom. The number of ether oxygens (including phenoxy) is 3. The number of aromatic nitrogens is 1. The molecule has 0 aliphatic rings. The molecule has 0 bridgehead atoms. The Morgan fingerprint density at radius 2 is 1.88 bits per heavy atom. The molecule has 0 radical (unpaired) electrons. The van der Waals surface area contributed by atoms with Gasteiger partial charge in [-0.25, -0.2) is 0 Å². The smallest absolute Gasteiger partial charge is 0.315 e. The van der Waals surface area contributed by atoms with E-state index in [2.05, 4.69) is 4.99 Å². The minimum absolute atomic E-state index is 0.113. The Balaban J connectivity index is 1.85. The molecule has 0 N–H and O–H groups in total. The van der Waals surface area contributed by atoms with Gasteiger partial charge in [-0.3, -0.25) is 9.59 Å². The van der Waals surface area contributed by atoms with Crippen molar-refractivity contribution in [3.05, 3.63) is 63.2 Å². The molecule has 0 aliphatic carbocycles. The summed E-state index contributed by atoms with van der Waals surface area (Å²) in [7, 11) is 3.13. The fourth-order valence-electron chi connectivity index (χ4n) is 3.35. The van der Waals surface area contributed by atoms with E-state index in [9.17, 15) is 9.59 Å². The minimum Gasteiger partial charge on any atom is -0.493 e.